The van der Waals surface area contributed by atoms with Crippen LogP contribution in [-0.4, -0.2) is 11.0 Å². The summed E-state index contributed by atoms with van der Waals surface area (Å²) in [7, 11) is 0. The average Bonchev–Trinajstić information content (AvgIpc) is 2.75. The molecular weight excluding hydrogens is 216 g/mol. The highest BCUT2D eigenvalue weighted by Gasteiger charge is 2.29. The SMILES string of the molecule is NC1CC(c2csc(-c3ccccc3)n2)C1. The molecule has 82 valence electrons. The van der Waals surface area contributed by atoms with E-state index in [-0.39, 0.29) is 0 Å². The number of hydrogen-bond donors (Lipinski definition) is 1. The molecule has 3 rings (SSSR count). The lowest BCUT2D eigenvalue weighted by atomic mass is 9.79. The van der Waals surface area contributed by atoms with Gasteiger partial charge < -0.3 is 5.73 Å². The number of benzene rings is 1. The van der Waals surface area contributed by atoms with Gasteiger partial charge in [-0.05, 0) is 12.8 Å². The molecule has 3 heteroatoms. The van der Waals surface area contributed by atoms with Crippen LogP contribution in [0.2, 0.25) is 0 Å². The number of hydrogen-bond acceptors (Lipinski definition) is 3. The third-order valence-electron chi connectivity index (χ3n) is 3.14. The molecule has 0 radical (unpaired) electrons. The predicted molar refractivity (Wildman–Crippen MR) is 67.5 cm³/mol. The number of aromatic nitrogens is 1. The summed E-state index contributed by atoms with van der Waals surface area (Å²) in [6, 6.07) is 10.7. The Morgan fingerprint density at radius 2 is 1.94 bits per heavy atom. The molecule has 0 atom stereocenters. The Bertz CT molecular complexity index is 472. The molecule has 0 saturated heterocycles. The number of nitrogens with two attached hydrogens (primary N) is 1. The van der Waals surface area contributed by atoms with Crippen LogP contribution in [0.3, 0.4) is 0 Å². The molecule has 16 heavy (non-hydrogen) atoms. The third kappa shape index (κ3) is 1.77. The Labute approximate surface area is 99.1 Å². The van der Waals surface area contributed by atoms with Crippen LogP contribution in [-0.2, 0) is 0 Å². The molecule has 1 heterocycles. The smallest absolute Gasteiger partial charge is 0.123 e. The molecule has 1 aliphatic carbocycles. The van der Waals surface area contributed by atoms with Gasteiger partial charge in [0, 0.05) is 22.9 Å². The molecule has 0 aliphatic heterocycles. The number of thiazole rings is 1. The second-order valence-electron chi connectivity index (χ2n) is 4.37. The summed E-state index contributed by atoms with van der Waals surface area (Å²) >= 11 is 1.73. The van der Waals surface area contributed by atoms with Crippen LogP contribution in [0, 0.1) is 0 Å². The second kappa shape index (κ2) is 4.00. The van der Waals surface area contributed by atoms with E-state index in [2.05, 4.69) is 29.6 Å². The Balaban J connectivity index is 1.83. The topological polar surface area (TPSA) is 38.9 Å². The molecule has 1 aromatic carbocycles. The lowest BCUT2D eigenvalue weighted by Crippen LogP contribution is -2.34. The molecule has 2 aromatic rings. The third-order valence-corrected chi connectivity index (χ3v) is 4.05. The normalized spacial score (nSPS) is 24.1. The van der Waals surface area contributed by atoms with Crippen molar-refractivity contribution in [2.45, 2.75) is 24.8 Å². The van der Waals surface area contributed by atoms with E-state index < -0.39 is 0 Å². The minimum Gasteiger partial charge on any atom is -0.328 e. The zero-order valence-electron chi connectivity index (χ0n) is 8.97. The van der Waals surface area contributed by atoms with E-state index in [9.17, 15) is 0 Å². The molecule has 1 aromatic heterocycles. The van der Waals surface area contributed by atoms with Crippen LogP contribution in [0.4, 0.5) is 0 Å². The Kier molecular flexibility index (Phi) is 2.50. The second-order valence-corrected chi connectivity index (χ2v) is 5.23. The van der Waals surface area contributed by atoms with Gasteiger partial charge in [0.2, 0.25) is 0 Å². The van der Waals surface area contributed by atoms with E-state index in [4.69, 9.17) is 10.7 Å². The van der Waals surface area contributed by atoms with Crippen molar-refractivity contribution in [3.05, 3.63) is 41.4 Å². The first-order chi connectivity index (χ1) is 7.83. The summed E-state index contributed by atoms with van der Waals surface area (Å²) in [6.45, 7) is 0. The van der Waals surface area contributed by atoms with Crippen molar-refractivity contribution in [3.63, 3.8) is 0 Å². The summed E-state index contributed by atoms with van der Waals surface area (Å²) < 4.78 is 0. The molecule has 2 nitrogen and oxygen atoms in total. The molecule has 0 unspecified atom stereocenters. The van der Waals surface area contributed by atoms with Crippen molar-refractivity contribution in [1.29, 1.82) is 0 Å². The summed E-state index contributed by atoms with van der Waals surface area (Å²) in [5, 5.41) is 3.30. The molecule has 0 bridgehead atoms. The van der Waals surface area contributed by atoms with E-state index in [1.807, 2.05) is 6.07 Å². The van der Waals surface area contributed by atoms with Crippen LogP contribution >= 0.6 is 11.3 Å². The lowest BCUT2D eigenvalue weighted by Gasteiger charge is -2.30. The van der Waals surface area contributed by atoms with Gasteiger partial charge in [0.05, 0.1) is 5.69 Å². The maximum absolute atomic E-state index is 5.80. The van der Waals surface area contributed by atoms with Gasteiger partial charge in [-0.3, -0.25) is 0 Å². The standard InChI is InChI=1S/C13H14N2S/c14-11-6-10(7-11)12-8-16-13(15-12)9-4-2-1-3-5-9/h1-5,8,10-11H,6-7,14H2. The van der Waals surface area contributed by atoms with E-state index >= 15 is 0 Å². The van der Waals surface area contributed by atoms with E-state index in [1.54, 1.807) is 11.3 Å². The van der Waals surface area contributed by atoms with E-state index in [0.29, 0.717) is 12.0 Å². The Morgan fingerprint density at radius 3 is 2.62 bits per heavy atom. The van der Waals surface area contributed by atoms with Gasteiger partial charge in [-0.1, -0.05) is 30.3 Å². The van der Waals surface area contributed by atoms with Crippen molar-refractivity contribution in [3.8, 4) is 10.6 Å². The maximum Gasteiger partial charge on any atom is 0.123 e. The highest BCUT2D eigenvalue weighted by atomic mass is 32.1. The molecule has 2 N–H and O–H groups in total. The van der Waals surface area contributed by atoms with Crippen molar-refractivity contribution in [1.82, 2.24) is 4.98 Å². The largest absolute Gasteiger partial charge is 0.328 e. The fourth-order valence-electron chi connectivity index (χ4n) is 2.09. The maximum atomic E-state index is 5.80. The first-order valence-corrected chi connectivity index (χ1v) is 6.47. The first kappa shape index (κ1) is 10.00. The molecular formula is C13H14N2S. The molecule has 0 spiro atoms. The summed E-state index contributed by atoms with van der Waals surface area (Å²) in [4.78, 5) is 4.70. The van der Waals surface area contributed by atoms with Gasteiger partial charge in [0.15, 0.2) is 0 Å². The minimum atomic E-state index is 0.395. The fourth-order valence-corrected chi connectivity index (χ4v) is 3.00. The monoisotopic (exact) mass is 230 g/mol. The van der Waals surface area contributed by atoms with Gasteiger partial charge in [0.1, 0.15) is 5.01 Å². The highest BCUT2D eigenvalue weighted by molar-refractivity contribution is 7.13. The quantitative estimate of drug-likeness (QED) is 0.861. The highest BCUT2D eigenvalue weighted by Crippen LogP contribution is 2.37. The van der Waals surface area contributed by atoms with Gasteiger partial charge >= 0.3 is 0 Å². The van der Waals surface area contributed by atoms with Crippen LogP contribution in [0.1, 0.15) is 24.5 Å². The lowest BCUT2D eigenvalue weighted by molar-refractivity contribution is 0.346. The average molecular weight is 230 g/mol. The summed E-state index contributed by atoms with van der Waals surface area (Å²) in [6.07, 6.45) is 2.19. The van der Waals surface area contributed by atoms with Gasteiger partial charge in [-0.25, -0.2) is 4.98 Å². The number of nitrogens with zero attached hydrogens (tertiary/aromatic N) is 1. The van der Waals surface area contributed by atoms with Crippen molar-refractivity contribution in [2.24, 2.45) is 5.73 Å². The van der Waals surface area contributed by atoms with Gasteiger partial charge in [-0.15, -0.1) is 11.3 Å². The number of rotatable bonds is 2. The molecule has 0 amide bonds. The minimum absolute atomic E-state index is 0.395. The van der Waals surface area contributed by atoms with Crippen LogP contribution in [0.25, 0.3) is 10.6 Å². The van der Waals surface area contributed by atoms with E-state index in [1.165, 1.54) is 11.3 Å². The van der Waals surface area contributed by atoms with Crippen molar-refractivity contribution >= 4 is 11.3 Å². The van der Waals surface area contributed by atoms with Crippen LogP contribution in [0.5, 0.6) is 0 Å². The van der Waals surface area contributed by atoms with Gasteiger partial charge in [0.25, 0.3) is 0 Å². The van der Waals surface area contributed by atoms with Crippen LogP contribution in [0.15, 0.2) is 35.7 Å². The molecule has 1 fully saturated rings. The Hall–Kier alpha value is -1.19. The zero-order chi connectivity index (χ0) is 11.0. The van der Waals surface area contributed by atoms with Crippen molar-refractivity contribution in [2.75, 3.05) is 0 Å². The summed E-state index contributed by atoms with van der Waals surface area (Å²) in [5.74, 6) is 0.601. The Morgan fingerprint density at radius 1 is 1.19 bits per heavy atom. The van der Waals surface area contributed by atoms with Crippen LogP contribution < -0.4 is 5.73 Å². The summed E-state index contributed by atoms with van der Waals surface area (Å²) in [5.41, 5.74) is 8.24. The van der Waals surface area contributed by atoms with Gasteiger partial charge in [-0.2, -0.15) is 0 Å². The zero-order valence-corrected chi connectivity index (χ0v) is 9.78. The van der Waals surface area contributed by atoms with Crippen molar-refractivity contribution < 1.29 is 0 Å². The fraction of sp³-hybridized carbons (Fsp3) is 0.308. The predicted octanol–water partition coefficient (Wildman–Crippen LogP) is 3.01. The first-order valence-electron chi connectivity index (χ1n) is 5.59. The van der Waals surface area contributed by atoms with E-state index in [0.717, 1.165) is 17.8 Å². The molecule has 1 aliphatic rings. The molecule has 1 saturated carbocycles.